The van der Waals surface area contributed by atoms with Gasteiger partial charge in [-0.2, -0.15) is 0 Å². The lowest BCUT2D eigenvalue weighted by molar-refractivity contribution is -0.129. The lowest BCUT2D eigenvalue weighted by Gasteiger charge is -2.30. The van der Waals surface area contributed by atoms with Crippen molar-refractivity contribution in [1.29, 1.82) is 0 Å². The molecule has 2 heterocycles. The van der Waals surface area contributed by atoms with Crippen molar-refractivity contribution in [3.63, 3.8) is 0 Å². The maximum absolute atomic E-state index is 11.3. The summed E-state index contributed by atoms with van der Waals surface area (Å²) in [5, 5.41) is 9.56. The summed E-state index contributed by atoms with van der Waals surface area (Å²) in [5.74, 6) is 1.70. The van der Waals surface area contributed by atoms with Crippen LogP contribution in [-0.4, -0.2) is 44.9 Å². The van der Waals surface area contributed by atoms with E-state index in [0.29, 0.717) is 5.92 Å². The van der Waals surface area contributed by atoms with Crippen LogP contribution in [-0.2, 0) is 11.3 Å². The van der Waals surface area contributed by atoms with Gasteiger partial charge in [-0.3, -0.25) is 4.79 Å². The molecule has 100 valence electrons. The summed E-state index contributed by atoms with van der Waals surface area (Å²) in [7, 11) is 0. The van der Waals surface area contributed by atoms with Crippen molar-refractivity contribution in [1.82, 2.24) is 19.7 Å². The van der Waals surface area contributed by atoms with Gasteiger partial charge in [-0.05, 0) is 26.0 Å². The molecule has 0 unspecified atom stereocenters. The van der Waals surface area contributed by atoms with Gasteiger partial charge in [-0.1, -0.05) is 11.8 Å². The zero-order chi connectivity index (χ0) is 13.1. The van der Waals surface area contributed by atoms with E-state index in [0.717, 1.165) is 43.5 Å². The van der Waals surface area contributed by atoms with Crippen LogP contribution in [0.1, 0.15) is 38.4 Å². The maximum atomic E-state index is 11.3. The van der Waals surface area contributed by atoms with Crippen LogP contribution in [0.4, 0.5) is 0 Å². The normalized spacial score (nSPS) is 17.2. The van der Waals surface area contributed by atoms with Crippen LogP contribution < -0.4 is 0 Å². The molecule has 1 aromatic heterocycles. The topological polar surface area (TPSA) is 51.0 Å². The second-order valence-electron chi connectivity index (χ2n) is 4.57. The Morgan fingerprint density at radius 3 is 2.56 bits per heavy atom. The van der Waals surface area contributed by atoms with Crippen molar-refractivity contribution in [2.24, 2.45) is 0 Å². The number of thioether (sulfide) groups is 1. The van der Waals surface area contributed by atoms with Crippen LogP contribution in [0, 0.1) is 0 Å². The van der Waals surface area contributed by atoms with E-state index < -0.39 is 0 Å². The van der Waals surface area contributed by atoms with Gasteiger partial charge in [0, 0.05) is 32.5 Å². The molecule has 0 saturated carbocycles. The number of hydrogen-bond acceptors (Lipinski definition) is 4. The highest BCUT2D eigenvalue weighted by Gasteiger charge is 2.26. The molecular weight excluding hydrogens is 248 g/mol. The first-order chi connectivity index (χ1) is 8.67. The number of likely N-dealkylation sites (tertiary alicyclic amines) is 1. The van der Waals surface area contributed by atoms with Gasteiger partial charge in [0.25, 0.3) is 0 Å². The van der Waals surface area contributed by atoms with Gasteiger partial charge in [0.2, 0.25) is 5.91 Å². The number of amides is 1. The third kappa shape index (κ3) is 2.53. The quantitative estimate of drug-likeness (QED) is 0.784. The number of piperidine rings is 1. The average Bonchev–Trinajstić information content (AvgIpc) is 2.81. The van der Waals surface area contributed by atoms with Crippen LogP contribution in [0.15, 0.2) is 5.16 Å². The highest BCUT2D eigenvalue weighted by molar-refractivity contribution is 7.98. The molecule has 1 aromatic rings. The molecule has 5 nitrogen and oxygen atoms in total. The molecule has 0 N–H and O–H groups in total. The Morgan fingerprint density at radius 1 is 1.39 bits per heavy atom. The van der Waals surface area contributed by atoms with Crippen LogP contribution in [0.2, 0.25) is 0 Å². The summed E-state index contributed by atoms with van der Waals surface area (Å²) in [6.07, 6.45) is 4.01. The average molecular weight is 268 g/mol. The second kappa shape index (κ2) is 5.73. The van der Waals surface area contributed by atoms with Crippen molar-refractivity contribution >= 4 is 17.7 Å². The molecule has 18 heavy (non-hydrogen) atoms. The van der Waals surface area contributed by atoms with Gasteiger partial charge in [0.05, 0.1) is 0 Å². The van der Waals surface area contributed by atoms with Crippen molar-refractivity contribution in [2.75, 3.05) is 19.3 Å². The first-order valence-electron chi connectivity index (χ1n) is 6.40. The first-order valence-corrected chi connectivity index (χ1v) is 7.62. The van der Waals surface area contributed by atoms with Crippen molar-refractivity contribution in [3.05, 3.63) is 5.82 Å². The van der Waals surface area contributed by atoms with E-state index >= 15 is 0 Å². The minimum absolute atomic E-state index is 0.176. The summed E-state index contributed by atoms with van der Waals surface area (Å²) < 4.78 is 2.19. The Kier molecular flexibility index (Phi) is 4.27. The Hall–Kier alpha value is -1.04. The largest absolute Gasteiger partial charge is 0.343 e. The summed E-state index contributed by atoms with van der Waals surface area (Å²) in [5.41, 5.74) is 0. The first kappa shape index (κ1) is 13.4. The van der Waals surface area contributed by atoms with E-state index in [1.807, 2.05) is 11.2 Å². The minimum Gasteiger partial charge on any atom is -0.343 e. The van der Waals surface area contributed by atoms with Gasteiger partial charge < -0.3 is 9.47 Å². The summed E-state index contributed by atoms with van der Waals surface area (Å²) in [6.45, 7) is 6.35. The van der Waals surface area contributed by atoms with E-state index in [2.05, 4.69) is 21.7 Å². The third-order valence-corrected chi connectivity index (χ3v) is 4.22. The third-order valence-electron chi connectivity index (χ3n) is 3.55. The number of carbonyl (C=O) groups excluding carboxylic acids is 1. The molecule has 0 aliphatic carbocycles. The number of carbonyl (C=O) groups is 1. The number of aromatic nitrogens is 3. The Morgan fingerprint density at radius 2 is 2.06 bits per heavy atom. The zero-order valence-corrected chi connectivity index (χ0v) is 12.0. The van der Waals surface area contributed by atoms with Crippen molar-refractivity contribution < 1.29 is 4.79 Å². The van der Waals surface area contributed by atoms with E-state index in [4.69, 9.17) is 0 Å². The second-order valence-corrected chi connectivity index (χ2v) is 5.34. The zero-order valence-electron chi connectivity index (χ0n) is 11.2. The molecule has 1 aliphatic rings. The molecule has 0 radical (unpaired) electrons. The van der Waals surface area contributed by atoms with E-state index in [-0.39, 0.29) is 5.91 Å². The fourth-order valence-electron chi connectivity index (χ4n) is 2.50. The monoisotopic (exact) mass is 268 g/mol. The van der Waals surface area contributed by atoms with Crippen LogP contribution in [0.3, 0.4) is 0 Å². The van der Waals surface area contributed by atoms with Gasteiger partial charge in [-0.15, -0.1) is 10.2 Å². The van der Waals surface area contributed by atoms with Gasteiger partial charge in [0.1, 0.15) is 5.82 Å². The van der Waals surface area contributed by atoms with Crippen molar-refractivity contribution in [2.45, 2.75) is 44.3 Å². The molecule has 0 aromatic carbocycles. The van der Waals surface area contributed by atoms with E-state index in [1.54, 1.807) is 18.7 Å². The predicted molar refractivity (Wildman–Crippen MR) is 71.7 cm³/mol. The molecule has 0 atom stereocenters. The molecule has 1 fully saturated rings. The lowest BCUT2D eigenvalue weighted by Crippen LogP contribution is -2.36. The smallest absolute Gasteiger partial charge is 0.219 e. The lowest BCUT2D eigenvalue weighted by atomic mass is 9.96. The molecule has 1 saturated heterocycles. The summed E-state index contributed by atoms with van der Waals surface area (Å²) in [6, 6.07) is 0. The van der Waals surface area contributed by atoms with Crippen LogP contribution in [0.5, 0.6) is 0 Å². The number of nitrogens with zero attached hydrogens (tertiary/aromatic N) is 4. The Labute approximate surface area is 112 Å². The number of hydrogen-bond donors (Lipinski definition) is 0. The highest BCUT2D eigenvalue weighted by atomic mass is 32.2. The molecule has 0 spiro atoms. The Bertz CT molecular complexity index is 424. The maximum Gasteiger partial charge on any atom is 0.219 e. The van der Waals surface area contributed by atoms with Gasteiger partial charge in [0.15, 0.2) is 5.16 Å². The summed E-state index contributed by atoms with van der Waals surface area (Å²) >= 11 is 1.64. The molecule has 2 rings (SSSR count). The fraction of sp³-hybridized carbons (Fsp3) is 0.750. The Balaban J connectivity index is 2.09. The van der Waals surface area contributed by atoms with Crippen molar-refractivity contribution in [3.8, 4) is 0 Å². The predicted octanol–water partition coefficient (Wildman–Crippen LogP) is 1.75. The number of rotatable bonds is 3. The standard InChI is InChI=1S/C12H20N4OS/c1-4-16-11(13-14-12(16)18-3)10-5-7-15(8-6-10)9(2)17/h10H,4-8H2,1-3H3. The van der Waals surface area contributed by atoms with Gasteiger partial charge in [-0.25, -0.2) is 0 Å². The summed E-state index contributed by atoms with van der Waals surface area (Å²) in [4.78, 5) is 13.2. The fourth-order valence-corrected chi connectivity index (χ4v) is 3.07. The van der Waals surface area contributed by atoms with Crippen LogP contribution >= 0.6 is 11.8 Å². The molecule has 1 aliphatic heterocycles. The molecule has 6 heteroatoms. The molecule has 0 bridgehead atoms. The van der Waals surface area contributed by atoms with Crippen LogP contribution in [0.25, 0.3) is 0 Å². The van der Waals surface area contributed by atoms with Gasteiger partial charge >= 0.3 is 0 Å². The SMILES string of the molecule is CCn1c(SC)nnc1C1CCN(C(C)=O)CC1. The highest BCUT2D eigenvalue weighted by Crippen LogP contribution is 2.28. The molecular formula is C12H20N4OS. The van der Waals surface area contributed by atoms with E-state index in [9.17, 15) is 4.79 Å². The minimum atomic E-state index is 0.176. The molecule has 1 amide bonds. The van der Waals surface area contributed by atoms with E-state index in [1.165, 1.54) is 0 Å².